The molecular formula is C15H24O4. The van der Waals surface area contributed by atoms with Gasteiger partial charge in [-0.3, -0.25) is 9.59 Å². The van der Waals surface area contributed by atoms with Gasteiger partial charge >= 0.3 is 5.97 Å². The maximum atomic E-state index is 11.8. The van der Waals surface area contributed by atoms with Crippen molar-refractivity contribution in [3.05, 3.63) is 12.2 Å². The van der Waals surface area contributed by atoms with E-state index in [0.29, 0.717) is 19.4 Å². The van der Waals surface area contributed by atoms with E-state index in [1.165, 1.54) is 0 Å². The lowest BCUT2D eigenvalue weighted by molar-refractivity contribution is -0.146. The predicted octanol–water partition coefficient (Wildman–Crippen LogP) is 2.52. The molecule has 19 heavy (non-hydrogen) atoms. The number of carbonyl (C=O) groups is 2. The summed E-state index contributed by atoms with van der Waals surface area (Å²) < 4.78 is 9.89. The molecule has 0 bridgehead atoms. The minimum atomic E-state index is -0.221. The monoisotopic (exact) mass is 268 g/mol. The smallest absolute Gasteiger partial charge is 0.306 e. The number of methoxy groups -OCH3 is 1. The molecule has 0 unspecified atom stereocenters. The molecule has 0 aromatic heterocycles. The van der Waals surface area contributed by atoms with E-state index >= 15 is 0 Å². The molecule has 1 fully saturated rings. The Labute approximate surface area is 115 Å². The molecule has 108 valence electrons. The first kappa shape index (κ1) is 15.9. The first-order valence-corrected chi connectivity index (χ1v) is 7.01. The number of ether oxygens (including phenoxy) is 2. The Balaban J connectivity index is 2.40. The zero-order chi connectivity index (χ0) is 14.1. The third kappa shape index (κ3) is 5.55. The number of esters is 1. The first-order chi connectivity index (χ1) is 9.19. The highest BCUT2D eigenvalue weighted by Gasteiger charge is 2.35. The number of rotatable bonds is 8. The Morgan fingerprint density at radius 2 is 2.16 bits per heavy atom. The molecule has 0 aromatic rings. The van der Waals surface area contributed by atoms with Crippen molar-refractivity contribution >= 4 is 11.8 Å². The highest BCUT2D eigenvalue weighted by Crippen LogP contribution is 2.34. The van der Waals surface area contributed by atoms with Crippen LogP contribution in [0.15, 0.2) is 12.2 Å². The van der Waals surface area contributed by atoms with E-state index < -0.39 is 0 Å². The minimum Gasteiger partial charge on any atom is -0.463 e. The van der Waals surface area contributed by atoms with Gasteiger partial charge in [0.1, 0.15) is 12.4 Å². The van der Waals surface area contributed by atoms with Crippen molar-refractivity contribution in [3.8, 4) is 0 Å². The summed E-state index contributed by atoms with van der Waals surface area (Å²) in [5.41, 5.74) is 0. The fraction of sp³-hybridized carbons (Fsp3) is 0.733. The Bertz CT molecular complexity index is 322. The lowest BCUT2D eigenvalue weighted by Gasteiger charge is -2.16. The molecule has 0 spiro atoms. The molecular weight excluding hydrogens is 244 g/mol. The van der Waals surface area contributed by atoms with E-state index in [4.69, 9.17) is 9.47 Å². The fourth-order valence-electron chi connectivity index (χ4n) is 2.47. The van der Waals surface area contributed by atoms with E-state index in [1.54, 1.807) is 7.11 Å². The maximum absolute atomic E-state index is 11.8. The zero-order valence-electron chi connectivity index (χ0n) is 11.9. The van der Waals surface area contributed by atoms with Gasteiger partial charge in [-0.05, 0) is 25.2 Å². The third-order valence-corrected chi connectivity index (χ3v) is 3.52. The van der Waals surface area contributed by atoms with Crippen LogP contribution in [0.4, 0.5) is 0 Å². The SMILES string of the molecule is CC/C=C\C[C@H]1C(=O)CC[C@@H]1CC(=O)OCCOC. The van der Waals surface area contributed by atoms with Gasteiger partial charge in [-0.15, -0.1) is 0 Å². The Hall–Kier alpha value is -1.16. The van der Waals surface area contributed by atoms with E-state index in [0.717, 1.165) is 19.3 Å². The topological polar surface area (TPSA) is 52.6 Å². The Kier molecular flexibility index (Phi) is 7.41. The van der Waals surface area contributed by atoms with Crippen LogP contribution in [0.3, 0.4) is 0 Å². The lowest BCUT2D eigenvalue weighted by atomic mass is 9.89. The van der Waals surface area contributed by atoms with Crippen LogP contribution in [0, 0.1) is 11.8 Å². The molecule has 4 heteroatoms. The van der Waals surface area contributed by atoms with Gasteiger partial charge in [-0.1, -0.05) is 19.1 Å². The van der Waals surface area contributed by atoms with Crippen molar-refractivity contribution in [1.29, 1.82) is 0 Å². The standard InChI is InChI=1S/C15H24O4/c1-3-4-5-6-13-12(7-8-14(13)16)11-15(17)19-10-9-18-2/h4-5,12-13H,3,6-11H2,1-2H3/b5-4-/t12-,13-/m1/s1. The molecule has 0 heterocycles. The Morgan fingerprint density at radius 1 is 1.37 bits per heavy atom. The number of carbonyl (C=O) groups excluding carboxylic acids is 2. The number of hydrogen-bond donors (Lipinski definition) is 0. The quantitative estimate of drug-likeness (QED) is 0.385. The van der Waals surface area contributed by atoms with Gasteiger partial charge in [-0.2, -0.15) is 0 Å². The second-order valence-electron chi connectivity index (χ2n) is 4.90. The summed E-state index contributed by atoms with van der Waals surface area (Å²) in [5, 5.41) is 0. The molecule has 1 saturated carbocycles. The number of allylic oxidation sites excluding steroid dienone is 2. The molecule has 0 amide bonds. The van der Waals surface area contributed by atoms with E-state index in [-0.39, 0.29) is 30.2 Å². The van der Waals surface area contributed by atoms with Gasteiger partial charge < -0.3 is 9.47 Å². The van der Waals surface area contributed by atoms with Crippen molar-refractivity contribution in [3.63, 3.8) is 0 Å². The van der Waals surface area contributed by atoms with Crippen LogP contribution in [0.25, 0.3) is 0 Å². The van der Waals surface area contributed by atoms with Gasteiger partial charge in [0.25, 0.3) is 0 Å². The van der Waals surface area contributed by atoms with Crippen LogP contribution in [0.5, 0.6) is 0 Å². The van der Waals surface area contributed by atoms with Crippen LogP contribution in [-0.4, -0.2) is 32.1 Å². The molecule has 1 aliphatic carbocycles. The average Bonchev–Trinajstić information content (AvgIpc) is 2.72. The Morgan fingerprint density at radius 3 is 2.84 bits per heavy atom. The molecule has 0 radical (unpaired) electrons. The average molecular weight is 268 g/mol. The lowest BCUT2D eigenvalue weighted by Crippen LogP contribution is -2.19. The van der Waals surface area contributed by atoms with E-state index in [9.17, 15) is 9.59 Å². The summed E-state index contributed by atoms with van der Waals surface area (Å²) in [4.78, 5) is 23.5. The van der Waals surface area contributed by atoms with Crippen molar-refractivity contribution < 1.29 is 19.1 Å². The minimum absolute atomic E-state index is 0.00206. The highest BCUT2D eigenvalue weighted by molar-refractivity contribution is 5.84. The summed E-state index contributed by atoms with van der Waals surface area (Å²) in [6.07, 6.45) is 7.60. The molecule has 2 atom stereocenters. The summed E-state index contributed by atoms with van der Waals surface area (Å²) in [5.74, 6) is 0.207. The number of Topliss-reactive ketones (excluding diaryl/α,β-unsaturated/α-hetero) is 1. The van der Waals surface area contributed by atoms with Crippen molar-refractivity contribution in [2.45, 2.75) is 39.0 Å². The first-order valence-electron chi connectivity index (χ1n) is 7.01. The van der Waals surface area contributed by atoms with Crippen LogP contribution >= 0.6 is 0 Å². The van der Waals surface area contributed by atoms with E-state index in [2.05, 4.69) is 19.1 Å². The number of ketones is 1. The van der Waals surface area contributed by atoms with Crippen LogP contribution in [0.1, 0.15) is 39.0 Å². The second kappa shape index (κ2) is 8.86. The molecule has 1 rings (SSSR count). The normalized spacial score (nSPS) is 23.2. The largest absolute Gasteiger partial charge is 0.463 e. The van der Waals surface area contributed by atoms with Gasteiger partial charge in [0.05, 0.1) is 6.61 Å². The third-order valence-electron chi connectivity index (χ3n) is 3.52. The summed E-state index contributed by atoms with van der Waals surface area (Å²) >= 11 is 0. The molecule has 0 N–H and O–H groups in total. The number of hydrogen-bond acceptors (Lipinski definition) is 4. The van der Waals surface area contributed by atoms with Gasteiger partial charge in [-0.25, -0.2) is 0 Å². The highest BCUT2D eigenvalue weighted by atomic mass is 16.6. The maximum Gasteiger partial charge on any atom is 0.306 e. The van der Waals surface area contributed by atoms with Gasteiger partial charge in [0.2, 0.25) is 0 Å². The summed E-state index contributed by atoms with van der Waals surface area (Å²) in [6.45, 7) is 2.77. The molecule has 0 aliphatic heterocycles. The van der Waals surface area contributed by atoms with Gasteiger partial charge in [0.15, 0.2) is 0 Å². The van der Waals surface area contributed by atoms with E-state index in [1.807, 2.05) is 0 Å². The summed E-state index contributed by atoms with van der Waals surface area (Å²) in [6, 6.07) is 0. The van der Waals surface area contributed by atoms with Crippen LogP contribution < -0.4 is 0 Å². The molecule has 0 aromatic carbocycles. The van der Waals surface area contributed by atoms with Crippen molar-refractivity contribution in [2.75, 3.05) is 20.3 Å². The zero-order valence-corrected chi connectivity index (χ0v) is 11.9. The molecule has 0 saturated heterocycles. The van der Waals surface area contributed by atoms with Crippen molar-refractivity contribution in [2.24, 2.45) is 11.8 Å². The van der Waals surface area contributed by atoms with Crippen molar-refractivity contribution in [1.82, 2.24) is 0 Å². The van der Waals surface area contributed by atoms with Crippen LogP contribution in [-0.2, 0) is 19.1 Å². The second-order valence-corrected chi connectivity index (χ2v) is 4.90. The fourth-order valence-corrected chi connectivity index (χ4v) is 2.47. The molecule has 4 nitrogen and oxygen atoms in total. The summed E-state index contributed by atoms with van der Waals surface area (Å²) in [7, 11) is 1.57. The van der Waals surface area contributed by atoms with Crippen LogP contribution in [0.2, 0.25) is 0 Å². The predicted molar refractivity (Wildman–Crippen MR) is 72.7 cm³/mol. The van der Waals surface area contributed by atoms with Gasteiger partial charge in [0, 0.05) is 25.9 Å². The molecule has 1 aliphatic rings.